The van der Waals surface area contributed by atoms with E-state index in [0.29, 0.717) is 11.3 Å². The molecule has 0 bridgehead atoms. The van der Waals surface area contributed by atoms with Crippen LogP contribution in [0.3, 0.4) is 0 Å². The third-order valence-corrected chi connectivity index (χ3v) is 3.61. The van der Waals surface area contributed by atoms with Crippen LogP contribution in [0.5, 0.6) is 0 Å². The molecule has 1 amide bonds. The summed E-state index contributed by atoms with van der Waals surface area (Å²) in [4.78, 5) is 23.4. The molecule has 0 aromatic carbocycles. The van der Waals surface area contributed by atoms with Gasteiger partial charge in [-0.25, -0.2) is 4.79 Å². The predicted molar refractivity (Wildman–Crippen MR) is 67.9 cm³/mol. The lowest BCUT2D eigenvalue weighted by Crippen LogP contribution is -2.31. The number of carbonyl (C=O) groups is 2. The standard InChI is InChI=1S/C10H12F3N3O3S/c1-16(3-10(11,12)13)8-4(7(15)17)5(14)6(20-8)9(18)19-2/h3,14H2,1-2H3,(H2,15,17). The van der Waals surface area contributed by atoms with E-state index in [1.54, 1.807) is 0 Å². The fourth-order valence-corrected chi connectivity index (χ4v) is 2.63. The second-order valence-electron chi connectivity index (χ2n) is 3.85. The number of methoxy groups -OCH3 is 1. The molecule has 6 nitrogen and oxygen atoms in total. The van der Waals surface area contributed by atoms with Gasteiger partial charge < -0.3 is 21.1 Å². The zero-order chi connectivity index (χ0) is 15.7. The molecule has 1 aromatic rings. The number of hydrogen-bond acceptors (Lipinski definition) is 6. The Hall–Kier alpha value is -1.97. The molecule has 1 heterocycles. The van der Waals surface area contributed by atoms with Crippen LogP contribution < -0.4 is 16.4 Å². The van der Waals surface area contributed by atoms with Crippen molar-refractivity contribution < 1.29 is 27.5 Å². The van der Waals surface area contributed by atoms with Crippen molar-refractivity contribution in [1.82, 2.24) is 0 Å². The zero-order valence-corrected chi connectivity index (χ0v) is 11.4. The number of thiophene rings is 1. The topological polar surface area (TPSA) is 98.6 Å². The number of carbonyl (C=O) groups excluding carboxylic acids is 2. The lowest BCUT2D eigenvalue weighted by Gasteiger charge is -2.20. The van der Waals surface area contributed by atoms with Crippen LogP contribution in [0.25, 0.3) is 0 Å². The minimum absolute atomic E-state index is 0.132. The Balaban J connectivity index is 3.31. The van der Waals surface area contributed by atoms with Crippen LogP contribution >= 0.6 is 11.3 Å². The largest absolute Gasteiger partial charge is 0.465 e. The van der Waals surface area contributed by atoms with Gasteiger partial charge in [-0.05, 0) is 0 Å². The van der Waals surface area contributed by atoms with Crippen molar-refractivity contribution in [1.29, 1.82) is 0 Å². The smallest absolute Gasteiger partial charge is 0.405 e. The van der Waals surface area contributed by atoms with Gasteiger partial charge in [-0.1, -0.05) is 0 Å². The summed E-state index contributed by atoms with van der Waals surface area (Å²) < 4.78 is 41.6. The third-order valence-electron chi connectivity index (χ3n) is 2.31. The summed E-state index contributed by atoms with van der Waals surface area (Å²) in [7, 11) is 2.21. The number of esters is 1. The van der Waals surface area contributed by atoms with E-state index in [2.05, 4.69) is 4.74 Å². The minimum Gasteiger partial charge on any atom is -0.465 e. The Morgan fingerprint density at radius 3 is 2.35 bits per heavy atom. The molecule has 1 rings (SSSR count). The summed E-state index contributed by atoms with van der Waals surface area (Å²) in [5, 5.41) is -0.132. The number of hydrogen-bond donors (Lipinski definition) is 2. The van der Waals surface area contributed by atoms with Crippen molar-refractivity contribution in [3.05, 3.63) is 10.4 Å². The highest BCUT2D eigenvalue weighted by molar-refractivity contribution is 7.19. The average molecular weight is 311 g/mol. The Labute approximate surface area is 116 Å². The van der Waals surface area contributed by atoms with Crippen molar-refractivity contribution in [3.63, 3.8) is 0 Å². The van der Waals surface area contributed by atoms with Crippen LogP contribution in [-0.4, -0.2) is 38.8 Å². The maximum Gasteiger partial charge on any atom is 0.405 e. The highest BCUT2D eigenvalue weighted by atomic mass is 32.1. The number of amides is 1. The first-order chi connectivity index (χ1) is 9.08. The van der Waals surface area contributed by atoms with E-state index < -0.39 is 24.6 Å². The maximum absolute atomic E-state index is 12.4. The zero-order valence-electron chi connectivity index (χ0n) is 10.6. The molecule has 0 aliphatic rings. The molecular weight excluding hydrogens is 299 g/mol. The molecule has 0 saturated carbocycles. The van der Waals surface area contributed by atoms with Crippen molar-refractivity contribution in [2.24, 2.45) is 5.73 Å². The number of primary amides is 1. The van der Waals surface area contributed by atoms with Gasteiger partial charge in [0.1, 0.15) is 16.4 Å². The fourth-order valence-electron chi connectivity index (χ4n) is 1.52. The van der Waals surface area contributed by atoms with Gasteiger partial charge in [0.2, 0.25) is 0 Å². The average Bonchev–Trinajstić information content (AvgIpc) is 2.63. The Kier molecular flexibility index (Phi) is 4.48. The summed E-state index contributed by atoms with van der Waals surface area (Å²) in [5.41, 5.74) is 10.1. The van der Waals surface area contributed by atoms with Crippen LogP contribution in [-0.2, 0) is 4.74 Å². The molecule has 0 fully saturated rings. The number of alkyl halides is 3. The summed E-state index contributed by atoms with van der Waals surface area (Å²) in [6.07, 6.45) is -4.48. The molecule has 4 N–H and O–H groups in total. The van der Waals surface area contributed by atoms with E-state index >= 15 is 0 Å². The summed E-state index contributed by atoms with van der Waals surface area (Å²) in [6.45, 7) is -1.31. The lowest BCUT2D eigenvalue weighted by molar-refractivity contribution is -0.119. The molecule has 10 heteroatoms. The van der Waals surface area contributed by atoms with Crippen LogP contribution in [0.1, 0.15) is 20.0 Å². The van der Waals surface area contributed by atoms with Crippen LogP contribution in [0, 0.1) is 0 Å². The number of nitrogens with zero attached hydrogens (tertiary/aromatic N) is 1. The number of rotatable bonds is 4. The second kappa shape index (κ2) is 5.57. The maximum atomic E-state index is 12.4. The Morgan fingerprint density at radius 1 is 1.40 bits per heavy atom. The summed E-state index contributed by atoms with van der Waals surface area (Å²) in [5.74, 6) is -1.86. The van der Waals surface area contributed by atoms with Gasteiger partial charge in [0.25, 0.3) is 5.91 Å². The number of ether oxygens (including phenoxy) is 1. The third kappa shape index (κ3) is 3.32. The highest BCUT2D eigenvalue weighted by Crippen LogP contribution is 2.38. The van der Waals surface area contributed by atoms with Gasteiger partial charge >= 0.3 is 12.1 Å². The SMILES string of the molecule is COC(=O)c1sc(N(C)CC(F)(F)F)c(C(N)=O)c1N. The summed E-state index contributed by atoms with van der Waals surface area (Å²) in [6, 6.07) is 0. The van der Waals surface area contributed by atoms with Gasteiger partial charge in [0.15, 0.2) is 0 Å². The van der Waals surface area contributed by atoms with Crippen LogP contribution in [0.4, 0.5) is 23.9 Å². The molecule has 0 spiro atoms. The van der Waals surface area contributed by atoms with Gasteiger partial charge in [-0.3, -0.25) is 4.79 Å². The van der Waals surface area contributed by atoms with E-state index in [1.807, 2.05) is 0 Å². The fraction of sp³-hybridized carbons (Fsp3) is 0.400. The highest BCUT2D eigenvalue weighted by Gasteiger charge is 2.33. The Bertz CT molecular complexity index is 542. The van der Waals surface area contributed by atoms with E-state index in [0.717, 1.165) is 19.1 Å². The van der Waals surface area contributed by atoms with Crippen molar-refractivity contribution in [3.8, 4) is 0 Å². The van der Waals surface area contributed by atoms with Gasteiger partial charge in [-0.15, -0.1) is 11.3 Å². The van der Waals surface area contributed by atoms with Crippen molar-refractivity contribution in [2.75, 3.05) is 31.3 Å². The predicted octanol–water partition coefficient (Wildman–Crippen LogP) is 1.21. The first-order valence-corrected chi connectivity index (χ1v) is 5.98. The van der Waals surface area contributed by atoms with Crippen LogP contribution in [0.2, 0.25) is 0 Å². The number of nitrogen functional groups attached to an aromatic ring is 1. The molecule has 0 aliphatic carbocycles. The second-order valence-corrected chi connectivity index (χ2v) is 4.85. The first-order valence-electron chi connectivity index (χ1n) is 5.16. The van der Waals surface area contributed by atoms with Crippen LogP contribution in [0.15, 0.2) is 0 Å². The number of nitrogens with two attached hydrogens (primary N) is 2. The van der Waals surface area contributed by atoms with E-state index in [9.17, 15) is 22.8 Å². The molecule has 112 valence electrons. The Morgan fingerprint density at radius 2 is 1.95 bits per heavy atom. The summed E-state index contributed by atoms with van der Waals surface area (Å²) >= 11 is 0.621. The normalized spacial score (nSPS) is 11.2. The molecule has 0 unspecified atom stereocenters. The monoisotopic (exact) mass is 311 g/mol. The van der Waals surface area contributed by atoms with E-state index in [1.165, 1.54) is 0 Å². The molecule has 0 aliphatic heterocycles. The van der Waals surface area contributed by atoms with Gasteiger partial charge in [-0.2, -0.15) is 13.2 Å². The van der Waals surface area contributed by atoms with Gasteiger partial charge in [0.05, 0.1) is 18.4 Å². The number of anilines is 2. The quantitative estimate of drug-likeness (QED) is 0.814. The lowest BCUT2D eigenvalue weighted by atomic mass is 10.2. The molecule has 0 saturated heterocycles. The first kappa shape index (κ1) is 16.1. The molecule has 0 atom stereocenters. The molecule has 20 heavy (non-hydrogen) atoms. The molecular formula is C10H12F3N3O3S. The molecule has 1 aromatic heterocycles. The van der Waals surface area contributed by atoms with Crippen molar-refractivity contribution in [2.45, 2.75) is 6.18 Å². The molecule has 0 radical (unpaired) electrons. The van der Waals surface area contributed by atoms with E-state index in [4.69, 9.17) is 11.5 Å². The van der Waals surface area contributed by atoms with E-state index in [-0.39, 0.29) is 21.1 Å². The van der Waals surface area contributed by atoms with Gasteiger partial charge in [0, 0.05) is 7.05 Å². The minimum atomic E-state index is -4.48. The number of halogens is 3. The van der Waals surface area contributed by atoms with Crippen molar-refractivity contribution >= 4 is 33.9 Å².